The summed E-state index contributed by atoms with van der Waals surface area (Å²) in [7, 11) is 12.7. The van der Waals surface area contributed by atoms with Gasteiger partial charge in [-0.1, -0.05) is 98.6 Å². The van der Waals surface area contributed by atoms with E-state index < -0.39 is 180 Å². The molecular weight excluding hydrogens is 1360 g/mol. The second-order valence-electron chi connectivity index (χ2n) is 32.9. The number of methoxy groups -OCH3 is 1. The van der Waals surface area contributed by atoms with Crippen molar-refractivity contribution in [1.82, 2.24) is 60.0 Å². The summed E-state index contributed by atoms with van der Waals surface area (Å²) in [4.78, 5) is 193. The second-order valence-corrected chi connectivity index (χ2v) is 32.9. The summed E-state index contributed by atoms with van der Waals surface area (Å²) in [6.07, 6.45) is 4.63. The van der Waals surface area contributed by atoms with Gasteiger partial charge < -0.3 is 69.5 Å². The highest BCUT2D eigenvalue weighted by molar-refractivity contribution is 6.01. The summed E-state index contributed by atoms with van der Waals surface area (Å²) in [6.45, 7) is 11.9. The lowest BCUT2D eigenvalue weighted by Gasteiger charge is -2.54. The SMILES string of the molecule is CCOC[C@H]1C(=O)N[C@@H]([C@@H](C)CC)C(=O)N(C)CC(=O)N(C)[C@H]2C/C=C\CCN(C2=O)[C@@H](CC2CCC(C)CC2)C(=O)N(C)CC(=O)N[C@@H](CCC2CCC(C(F)(F)F)C(OC)C2)C(=O)N2C[C@H](C)C[C@H]2C(=O)NC2(CC(C)(C)C2)C(=O)N(C)[C@@H](C2CCCC2)C(=O)N(C)[C@H](C(=O)N(C)C)CC(=O)N1C. The van der Waals surface area contributed by atoms with Crippen molar-refractivity contribution in [2.24, 2.45) is 46.8 Å². The number of nitrogens with one attached hydrogen (secondary N) is 3. The van der Waals surface area contributed by atoms with Gasteiger partial charge in [0.25, 0.3) is 0 Å². The van der Waals surface area contributed by atoms with E-state index in [1.807, 2.05) is 33.8 Å². The second kappa shape index (κ2) is 36.8. The third-order valence-corrected chi connectivity index (χ3v) is 24.1. The first-order valence-corrected chi connectivity index (χ1v) is 38.4. The van der Waals surface area contributed by atoms with Crippen LogP contribution >= 0.6 is 0 Å². The van der Waals surface area contributed by atoms with E-state index in [1.54, 1.807) is 19.9 Å². The number of alkyl halides is 3. The minimum atomic E-state index is -4.51. The predicted octanol–water partition coefficient (Wildman–Crippen LogP) is 5.39. The Morgan fingerprint density at radius 1 is 0.676 bits per heavy atom. The highest BCUT2D eigenvalue weighted by atomic mass is 19.4. The van der Waals surface area contributed by atoms with Crippen LogP contribution in [0.4, 0.5) is 13.2 Å². The van der Waals surface area contributed by atoms with Crippen LogP contribution < -0.4 is 16.0 Å². The lowest BCUT2D eigenvalue weighted by molar-refractivity contribution is -0.215. The third-order valence-electron chi connectivity index (χ3n) is 24.1. The van der Waals surface area contributed by atoms with Crippen molar-refractivity contribution in [2.45, 2.75) is 249 Å². The number of ether oxygens (including phenoxy) is 2. The van der Waals surface area contributed by atoms with E-state index in [9.17, 15) is 41.9 Å². The zero-order valence-corrected chi connectivity index (χ0v) is 65.4. The van der Waals surface area contributed by atoms with Gasteiger partial charge in [0.2, 0.25) is 70.9 Å². The molecule has 0 radical (unpaired) electrons. The van der Waals surface area contributed by atoms with Gasteiger partial charge in [-0.25, -0.2) is 0 Å². The monoisotopic (exact) mass is 1480 g/mol. The van der Waals surface area contributed by atoms with E-state index in [2.05, 4.69) is 22.9 Å². The van der Waals surface area contributed by atoms with E-state index in [0.717, 1.165) is 48.3 Å². The maximum atomic E-state index is 15.7. The number of amides is 12. The summed E-state index contributed by atoms with van der Waals surface area (Å²) >= 11 is 0. The highest BCUT2D eigenvalue weighted by Crippen LogP contribution is 2.50. The van der Waals surface area contributed by atoms with E-state index in [4.69, 9.17) is 9.47 Å². The van der Waals surface area contributed by atoms with Crippen LogP contribution in [0.3, 0.4) is 0 Å². The Hall–Kier alpha value is -6.91. The molecule has 29 heteroatoms. The Kier molecular flexibility index (Phi) is 29.9. The molecule has 2 saturated heterocycles. The van der Waals surface area contributed by atoms with Crippen LogP contribution in [0.1, 0.15) is 183 Å². The molecule has 13 atom stereocenters. The van der Waals surface area contributed by atoms with Crippen molar-refractivity contribution in [2.75, 3.05) is 103 Å². The number of hydrogen-bond acceptors (Lipinski definition) is 14. The molecule has 0 aromatic carbocycles. The number of rotatable bonds is 13. The zero-order valence-electron chi connectivity index (χ0n) is 65.4. The molecule has 0 aromatic rings. The third kappa shape index (κ3) is 20.9. The van der Waals surface area contributed by atoms with Gasteiger partial charge in [-0.15, -0.1) is 0 Å². The maximum absolute atomic E-state index is 15.7. The molecular formula is C76H123F3N12O14. The molecule has 0 aromatic heterocycles. The van der Waals surface area contributed by atoms with E-state index >= 15 is 28.8 Å². The number of halogens is 3. The van der Waals surface area contributed by atoms with Crippen molar-refractivity contribution in [3.63, 3.8) is 0 Å². The molecule has 7 rings (SSSR count). The molecule has 4 saturated carbocycles. The number of carbonyl (C=O) groups is 12. The van der Waals surface area contributed by atoms with Crippen LogP contribution in [-0.2, 0) is 67.0 Å². The minimum absolute atomic E-state index is 0.00137. The molecule has 2 bridgehead atoms. The summed E-state index contributed by atoms with van der Waals surface area (Å²) < 4.78 is 54.1. The average molecular weight is 1490 g/mol. The quantitative estimate of drug-likeness (QED) is 0.195. The van der Waals surface area contributed by atoms with Gasteiger partial charge >= 0.3 is 6.18 Å². The normalized spacial score (nSPS) is 32.1. The van der Waals surface area contributed by atoms with E-state index in [1.165, 1.54) is 97.8 Å². The van der Waals surface area contributed by atoms with Gasteiger partial charge in [0.05, 0.1) is 38.1 Å². The number of fused-ring (bicyclic) bond motifs is 3. The molecule has 592 valence electrons. The fourth-order valence-electron chi connectivity index (χ4n) is 17.6. The fraction of sp³-hybridized carbons (Fsp3) is 0.816. The lowest BCUT2D eigenvalue weighted by atomic mass is 9.58. The minimum Gasteiger partial charge on any atom is -0.381 e. The van der Waals surface area contributed by atoms with E-state index in [0.29, 0.717) is 31.6 Å². The fourth-order valence-corrected chi connectivity index (χ4v) is 17.6. The topological polar surface area (TPSA) is 289 Å². The van der Waals surface area contributed by atoms with E-state index in [-0.39, 0.29) is 108 Å². The first-order valence-electron chi connectivity index (χ1n) is 38.4. The number of carbonyl (C=O) groups excluding carboxylic acids is 12. The Labute approximate surface area is 620 Å². The summed E-state index contributed by atoms with van der Waals surface area (Å²) in [5.41, 5.74) is -2.12. The number of nitrogens with zero attached hydrogens (tertiary/aromatic N) is 9. The van der Waals surface area contributed by atoms with Crippen LogP contribution in [0.2, 0.25) is 0 Å². The Morgan fingerprint density at radius 3 is 1.91 bits per heavy atom. The van der Waals surface area contributed by atoms with Gasteiger partial charge in [-0.2, -0.15) is 13.2 Å². The smallest absolute Gasteiger partial charge is 0.381 e. The average Bonchev–Trinajstić information content (AvgIpc) is 1.22. The molecule has 3 N–H and O–H groups in total. The van der Waals surface area contributed by atoms with Gasteiger partial charge in [0.15, 0.2) is 0 Å². The van der Waals surface area contributed by atoms with Crippen LogP contribution in [-0.4, -0.2) is 284 Å². The first kappa shape index (κ1) is 85.3. The van der Waals surface area contributed by atoms with Crippen molar-refractivity contribution >= 4 is 70.9 Å². The van der Waals surface area contributed by atoms with Crippen molar-refractivity contribution in [3.05, 3.63) is 12.2 Å². The lowest BCUT2D eigenvalue weighted by Crippen LogP contribution is -2.71. The molecule has 4 aliphatic carbocycles. The number of likely N-dealkylation sites (N-methyl/N-ethyl adjacent to an activating group) is 7. The Bertz CT molecular complexity index is 3130. The van der Waals surface area contributed by atoms with Gasteiger partial charge in [0, 0.05) is 83.2 Å². The molecule has 3 aliphatic heterocycles. The standard InChI is InChI=1S/C76H123F3N12O14/c1-17-48(5)63-71(101)85(11)42-62(94)86(12)54-26-20-19-23-35-90(70(54)100)57(37-49-29-27-46(3)28-30-49)69(99)84(10)41-60(92)80-53(34-32-50-31-33-52(76(77,78)79)59(38-50)104-16)67(97)91-40-47(4)36-55(91)66(96)82-75(44-74(6,7)45-75)73(103)89(15)64(51-24-21-22-25-51)72(102)88(14)56(68(98)83(8)9)39-61(93)87(13)58(43-105-18-2)65(95)81-63/h19-20,46-59,63-64H,17-18,21-45H2,1-16H3,(H,80,92)(H,81,95)(H,82,96)/b20-19-/t46?,47-,48+,49?,50?,52?,53+,54+,55+,56+,57+,58+,59?,63+,64+/m1/s1. The van der Waals surface area contributed by atoms with Crippen molar-refractivity contribution in [3.8, 4) is 0 Å². The van der Waals surface area contributed by atoms with Gasteiger partial charge in [-0.05, 0) is 131 Å². The van der Waals surface area contributed by atoms with Gasteiger partial charge in [-0.3, -0.25) is 57.5 Å². The molecule has 12 amide bonds. The molecule has 1 spiro atoms. The zero-order chi connectivity index (χ0) is 77.9. The maximum Gasteiger partial charge on any atom is 0.394 e. The molecule has 3 heterocycles. The summed E-state index contributed by atoms with van der Waals surface area (Å²) in [5, 5.41) is 8.84. The molecule has 6 fully saturated rings. The van der Waals surface area contributed by atoms with Crippen molar-refractivity contribution < 1.29 is 80.2 Å². The molecule has 26 nitrogen and oxygen atoms in total. The molecule has 3 unspecified atom stereocenters. The summed E-state index contributed by atoms with van der Waals surface area (Å²) in [5.74, 6) is -10.8. The molecule has 7 aliphatic rings. The van der Waals surface area contributed by atoms with Crippen LogP contribution in [0.5, 0.6) is 0 Å². The van der Waals surface area contributed by atoms with Crippen LogP contribution in [0, 0.1) is 46.8 Å². The Morgan fingerprint density at radius 2 is 1.31 bits per heavy atom. The summed E-state index contributed by atoms with van der Waals surface area (Å²) in [6, 6.07) is -10.2. The highest BCUT2D eigenvalue weighted by Gasteiger charge is 2.59. The predicted molar refractivity (Wildman–Crippen MR) is 386 cm³/mol. The van der Waals surface area contributed by atoms with Crippen LogP contribution in [0.25, 0.3) is 0 Å². The largest absolute Gasteiger partial charge is 0.394 e. The van der Waals surface area contributed by atoms with Crippen LogP contribution in [0.15, 0.2) is 12.2 Å². The molecule has 105 heavy (non-hydrogen) atoms. The van der Waals surface area contributed by atoms with Crippen molar-refractivity contribution in [1.29, 1.82) is 0 Å². The Balaban J connectivity index is 1.32. The van der Waals surface area contributed by atoms with Gasteiger partial charge in [0.1, 0.15) is 53.9 Å². The first-order chi connectivity index (χ1) is 49.3. The number of hydrogen-bond donors (Lipinski definition) is 3.